The van der Waals surface area contributed by atoms with Crippen molar-refractivity contribution in [2.45, 2.75) is 38.6 Å². The van der Waals surface area contributed by atoms with Crippen molar-refractivity contribution < 1.29 is 24.2 Å². The second-order valence-electron chi connectivity index (χ2n) is 5.17. The van der Waals surface area contributed by atoms with Gasteiger partial charge in [-0.3, -0.25) is 9.59 Å². The summed E-state index contributed by atoms with van der Waals surface area (Å²) in [5.74, 6) is -0.485. The smallest absolute Gasteiger partial charge is 0.320 e. The summed E-state index contributed by atoms with van der Waals surface area (Å²) >= 11 is 0. The van der Waals surface area contributed by atoms with Crippen molar-refractivity contribution >= 4 is 17.5 Å². The Labute approximate surface area is 123 Å². The van der Waals surface area contributed by atoms with Crippen LogP contribution in [0.3, 0.4) is 0 Å². The van der Waals surface area contributed by atoms with Crippen LogP contribution in [0.5, 0.6) is 0 Å². The van der Waals surface area contributed by atoms with Crippen LogP contribution < -0.4 is 5.73 Å². The first kappa shape index (κ1) is 17.1. The molecule has 0 saturated heterocycles. The van der Waals surface area contributed by atoms with Gasteiger partial charge in [0, 0.05) is 12.8 Å². The highest BCUT2D eigenvalue weighted by molar-refractivity contribution is 5.85. The van der Waals surface area contributed by atoms with E-state index < -0.39 is 12.0 Å². The van der Waals surface area contributed by atoms with Gasteiger partial charge in [-0.2, -0.15) is 0 Å². The van der Waals surface area contributed by atoms with Crippen molar-refractivity contribution in [2.24, 2.45) is 11.7 Å². The number of carbonyl (C=O) groups excluding carboxylic acids is 2. The Kier molecular flexibility index (Phi) is 6.81. The van der Waals surface area contributed by atoms with Gasteiger partial charge in [-0.1, -0.05) is 6.08 Å². The molecule has 0 spiro atoms. The van der Waals surface area contributed by atoms with E-state index in [-0.39, 0.29) is 36.9 Å². The maximum atomic E-state index is 11.5. The molecule has 2 atom stereocenters. The van der Waals surface area contributed by atoms with Gasteiger partial charge in [0.25, 0.3) is 0 Å². The number of hydrogen-bond acceptors (Lipinski definition) is 5. The van der Waals surface area contributed by atoms with Crippen molar-refractivity contribution in [3.8, 4) is 0 Å². The number of carbonyl (C=O) groups is 3. The van der Waals surface area contributed by atoms with E-state index in [0.29, 0.717) is 18.6 Å². The Morgan fingerprint density at radius 2 is 2.14 bits per heavy atom. The second kappa shape index (κ2) is 8.36. The van der Waals surface area contributed by atoms with Crippen LogP contribution in [0.1, 0.15) is 32.6 Å². The predicted molar refractivity (Wildman–Crippen MR) is 76.4 cm³/mol. The number of rotatable bonds is 9. The Morgan fingerprint density at radius 3 is 2.67 bits per heavy atom. The van der Waals surface area contributed by atoms with Crippen LogP contribution in [0.15, 0.2) is 24.0 Å². The van der Waals surface area contributed by atoms with Gasteiger partial charge in [-0.25, -0.2) is 0 Å². The molecule has 1 aliphatic rings. The molecule has 0 radical (unpaired) electrons. The van der Waals surface area contributed by atoms with Crippen molar-refractivity contribution in [3.63, 3.8) is 0 Å². The number of carboxylic acids is 1. The van der Waals surface area contributed by atoms with E-state index in [1.165, 1.54) is 6.92 Å². The summed E-state index contributed by atoms with van der Waals surface area (Å²) in [5, 5.41) is 8.75. The molecule has 0 amide bonds. The van der Waals surface area contributed by atoms with Gasteiger partial charge in [-0.05, 0) is 37.8 Å². The molecule has 3 N–H and O–H groups in total. The first-order valence-electron chi connectivity index (χ1n) is 6.89. The fourth-order valence-electron chi connectivity index (χ4n) is 1.91. The minimum atomic E-state index is -1.01. The largest absolute Gasteiger partial charge is 0.486 e. The molecule has 6 nitrogen and oxygen atoms in total. The van der Waals surface area contributed by atoms with Crippen LogP contribution in [0.2, 0.25) is 0 Å². The number of ether oxygens (including phenoxy) is 1. The molecule has 0 aromatic rings. The van der Waals surface area contributed by atoms with E-state index in [4.69, 9.17) is 15.6 Å². The number of allylic oxidation sites excluding steroid dienone is 3. The summed E-state index contributed by atoms with van der Waals surface area (Å²) in [7, 11) is 0. The van der Waals surface area contributed by atoms with E-state index in [0.717, 1.165) is 0 Å². The zero-order valence-corrected chi connectivity index (χ0v) is 12.1. The molecule has 0 saturated carbocycles. The van der Waals surface area contributed by atoms with Crippen LogP contribution in [-0.2, 0) is 19.1 Å². The van der Waals surface area contributed by atoms with Crippen LogP contribution in [0.25, 0.3) is 0 Å². The monoisotopic (exact) mass is 295 g/mol. The number of aliphatic carboxylic acids is 1. The number of nitrogens with two attached hydrogens (primary N) is 1. The highest BCUT2D eigenvalue weighted by atomic mass is 16.5. The average Bonchev–Trinajstić information content (AvgIpc) is 2.44. The predicted octanol–water partition coefficient (Wildman–Crippen LogP) is 1.20. The summed E-state index contributed by atoms with van der Waals surface area (Å²) in [6.07, 6.45) is 6.83. The summed E-state index contributed by atoms with van der Waals surface area (Å²) in [5.41, 5.74) is 5.48. The van der Waals surface area contributed by atoms with Gasteiger partial charge < -0.3 is 20.4 Å². The zero-order chi connectivity index (χ0) is 15.8. The third-order valence-corrected chi connectivity index (χ3v) is 3.18. The third-order valence-electron chi connectivity index (χ3n) is 3.18. The molecular weight excluding hydrogens is 274 g/mol. The third kappa shape index (κ3) is 6.85. The molecular formula is C15H21NO5. The topological polar surface area (TPSA) is 107 Å². The zero-order valence-electron chi connectivity index (χ0n) is 12.1. The van der Waals surface area contributed by atoms with E-state index in [1.807, 2.05) is 12.2 Å². The van der Waals surface area contributed by atoms with Crippen molar-refractivity contribution in [1.82, 2.24) is 0 Å². The lowest BCUT2D eigenvalue weighted by Gasteiger charge is -2.18. The molecule has 0 bridgehead atoms. The summed E-state index contributed by atoms with van der Waals surface area (Å²) in [6, 6.07) is -0.872. The highest BCUT2D eigenvalue weighted by Gasteiger charge is 2.18. The van der Waals surface area contributed by atoms with Gasteiger partial charge in [0.15, 0.2) is 5.78 Å². The number of ketones is 2. The van der Waals surface area contributed by atoms with Crippen molar-refractivity contribution in [1.29, 1.82) is 0 Å². The van der Waals surface area contributed by atoms with E-state index in [9.17, 15) is 14.4 Å². The second-order valence-corrected chi connectivity index (χ2v) is 5.17. The quantitative estimate of drug-likeness (QED) is 0.662. The van der Waals surface area contributed by atoms with Gasteiger partial charge >= 0.3 is 5.97 Å². The number of Topliss-reactive ketones (excluding diaryl/α,β-unsaturated/α-hetero) is 2. The summed E-state index contributed by atoms with van der Waals surface area (Å²) in [4.78, 5) is 32.9. The standard InChI is InChI=1S/C15H21NO5/c1-10(17)2-5-12(18)9-21-13-6-3-11(4-7-13)8-14(16)15(19)20/h3,6-7,11,14H,2,4-5,8-9,16H2,1H3,(H,19,20). The van der Waals surface area contributed by atoms with Gasteiger partial charge in [0.2, 0.25) is 0 Å². The van der Waals surface area contributed by atoms with Crippen molar-refractivity contribution in [2.75, 3.05) is 6.61 Å². The molecule has 0 fully saturated rings. The van der Waals surface area contributed by atoms with Crippen molar-refractivity contribution in [3.05, 3.63) is 24.0 Å². The first-order valence-corrected chi connectivity index (χ1v) is 6.89. The van der Waals surface area contributed by atoms with Crippen LogP contribution >= 0.6 is 0 Å². The van der Waals surface area contributed by atoms with Crippen LogP contribution in [0, 0.1) is 5.92 Å². The molecule has 1 aliphatic carbocycles. The normalized spacial score (nSPS) is 18.8. The summed E-state index contributed by atoms with van der Waals surface area (Å²) in [6.45, 7) is 1.39. The molecule has 1 rings (SSSR count). The number of carboxylic acid groups (broad SMARTS) is 1. The van der Waals surface area contributed by atoms with E-state index in [1.54, 1.807) is 6.08 Å². The molecule has 0 aromatic heterocycles. The van der Waals surface area contributed by atoms with E-state index in [2.05, 4.69) is 0 Å². The lowest BCUT2D eigenvalue weighted by atomic mass is 9.93. The molecule has 2 unspecified atom stereocenters. The van der Waals surface area contributed by atoms with E-state index >= 15 is 0 Å². The van der Waals surface area contributed by atoms with Gasteiger partial charge in [-0.15, -0.1) is 0 Å². The lowest BCUT2D eigenvalue weighted by Crippen LogP contribution is -2.32. The molecule has 0 aromatic carbocycles. The Morgan fingerprint density at radius 1 is 1.43 bits per heavy atom. The molecule has 6 heteroatoms. The SMILES string of the molecule is CC(=O)CCC(=O)COC1=CCC(CC(N)C(=O)O)C=C1. The molecule has 116 valence electrons. The molecule has 0 aliphatic heterocycles. The highest BCUT2D eigenvalue weighted by Crippen LogP contribution is 2.21. The minimum Gasteiger partial charge on any atom is -0.486 e. The maximum Gasteiger partial charge on any atom is 0.320 e. The van der Waals surface area contributed by atoms with Gasteiger partial charge in [0.05, 0.1) is 0 Å². The average molecular weight is 295 g/mol. The Bertz CT molecular complexity index is 467. The summed E-state index contributed by atoms with van der Waals surface area (Å²) < 4.78 is 5.34. The maximum absolute atomic E-state index is 11.5. The minimum absolute atomic E-state index is 0.0160. The number of hydrogen-bond donors (Lipinski definition) is 2. The molecule has 21 heavy (non-hydrogen) atoms. The fraction of sp³-hybridized carbons (Fsp3) is 0.533. The molecule has 0 heterocycles. The first-order chi connectivity index (χ1) is 9.88. The fourth-order valence-corrected chi connectivity index (χ4v) is 1.91. The lowest BCUT2D eigenvalue weighted by molar-refractivity contribution is -0.138. The van der Waals surface area contributed by atoms with Crippen LogP contribution in [0.4, 0.5) is 0 Å². The Balaban J connectivity index is 2.29. The van der Waals surface area contributed by atoms with Gasteiger partial charge in [0.1, 0.15) is 24.2 Å². The Hall–Kier alpha value is -1.95. The van der Waals surface area contributed by atoms with Crippen LogP contribution in [-0.4, -0.2) is 35.3 Å².